The van der Waals surface area contributed by atoms with Gasteiger partial charge in [0.15, 0.2) is 0 Å². The lowest BCUT2D eigenvalue weighted by Crippen LogP contribution is -2.50. The van der Waals surface area contributed by atoms with Crippen LogP contribution >= 0.6 is 12.4 Å². The molecule has 7 nitrogen and oxygen atoms in total. The number of rotatable bonds is 6. The lowest BCUT2D eigenvalue weighted by molar-refractivity contribution is -0.130. The van der Waals surface area contributed by atoms with E-state index in [1.807, 2.05) is 12.1 Å². The first-order chi connectivity index (χ1) is 13.8. The molecule has 0 saturated carbocycles. The lowest BCUT2D eigenvalue weighted by Gasteiger charge is -2.27. The van der Waals surface area contributed by atoms with E-state index in [1.165, 1.54) is 10.6 Å². The van der Waals surface area contributed by atoms with Crippen LogP contribution in [0.3, 0.4) is 0 Å². The van der Waals surface area contributed by atoms with Crippen molar-refractivity contribution < 1.29 is 14.4 Å². The van der Waals surface area contributed by atoms with E-state index in [-0.39, 0.29) is 49.0 Å². The zero-order valence-corrected chi connectivity index (χ0v) is 17.9. The fourth-order valence-electron chi connectivity index (χ4n) is 3.10. The molecule has 1 heterocycles. The van der Waals surface area contributed by atoms with Gasteiger partial charge >= 0.3 is 0 Å². The summed E-state index contributed by atoms with van der Waals surface area (Å²) >= 11 is 0. The second-order valence-electron chi connectivity index (χ2n) is 7.45. The highest BCUT2D eigenvalue weighted by atomic mass is 35.5. The topological polar surface area (TPSA) is 105 Å². The number of hydrogen-bond donors (Lipinski definition) is 3. The highest BCUT2D eigenvalue weighted by molar-refractivity contribution is 6.01. The van der Waals surface area contributed by atoms with Crippen molar-refractivity contribution in [1.29, 1.82) is 0 Å². The number of nitrogens with zero attached hydrogens (tertiary/aromatic N) is 1. The Morgan fingerprint density at radius 2 is 1.63 bits per heavy atom. The van der Waals surface area contributed by atoms with Gasteiger partial charge in [-0.2, -0.15) is 0 Å². The van der Waals surface area contributed by atoms with E-state index in [9.17, 15) is 14.4 Å². The van der Waals surface area contributed by atoms with E-state index in [0.29, 0.717) is 23.7 Å². The summed E-state index contributed by atoms with van der Waals surface area (Å²) in [5.41, 5.74) is 11.9. The average molecular weight is 431 g/mol. The van der Waals surface area contributed by atoms with Gasteiger partial charge in [-0.1, -0.05) is 38.1 Å². The van der Waals surface area contributed by atoms with Gasteiger partial charge in [-0.15, -0.1) is 12.4 Å². The number of nitrogens with one attached hydrogen (secondary N) is 2. The smallest absolute Gasteiger partial charge is 0.251 e. The summed E-state index contributed by atoms with van der Waals surface area (Å²) in [6.45, 7) is 4.58. The van der Waals surface area contributed by atoms with Crippen LogP contribution in [0.1, 0.15) is 60.1 Å². The molecule has 1 aliphatic rings. The molecule has 1 saturated heterocycles. The number of carbonyl (C=O) groups is 3. The van der Waals surface area contributed by atoms with E-state index in [0.717, 1.165) is 5.56 Å². The summed E-state index contributed by atoms with van der Waals surface area (Å²) in [4.78, 5) is 35.9. The minimum Gasteiger partial charge on any atom is -0.350 e. The van der Waals surface area contributed by atoms with Crippen LogP contribution in [0.15, 0.2) is 48.5 Å². The van der Waals surface area contributed by atoms with Crippen LogP contribution in [0.5, 0.6) is 0 Å². The number of carbonyl (C=O) groups excluding carboxylic acids is 3. The van der Waals surface area contributed by atoms with Crippen LogP contribution in [0.4, 0.5) is 5.69 Å². The average Bonchev–Trinajstić information content (AvgIpc) is 2.73. The van der Waals surface area contributed by atoms with Crippen molar-refractivity contribution in [3.05, 3.63) is 65.2 Å². The molecule has 1 aliphatic heterocycles. The van der Waals surface area contributed by atoms with Crippen LogP contribution in [-0.4, -0.2) is 24.3 Å². The Morgan fingerprint density at radius 3 is 2.23 bits per heavy atom. The van der Waals surface area contributed by atoms with Crippen LogP contribution in [0.25, 0.3) is 0 Å². The standard InChI is InChI=1S/C22H26N4O3.ClH/c1-14(2)15-3-5-16(6-4-15)19(23)13-24-22(29)17-7-9-18(10-8-17)26-21(28)12-11-20(27)25-26;/h3-10,14,19H,11-13,23H2,1-2H3,(H,24,29)(H,25,27);1H. The molecular formula is C22H27ClN4O3. The Balaban J connectivity index is 0.00000320. The van der Waals surface area contributed by atoms with Crippen LogP contribution in [0, 0.1) is 0 Å². The Morgan fingerprint density at radius 1 is 1.03 bits per heavy atom. The summed E-state index contributed by atoms with van der Waals surface area (Å²) in [6.07, 6.45) is 0.361. The Kier molecular flexibility index (Phi) is 7.97. The van der Waals surface area contributed by atoms with E-state index in [4.69, 9.17) is 5.73 Å². The number of halogens is 1. The third-order valence-electron chi connectivity index (χ3n) is 4.95. The first-order valence-electron chi connectivity index (χ1n) is 9.71. The normalized spacial score (nSPS) is 14.7. The molecule has 1 fully saturated rings. The van der Waals surface area contributed by atoms with Crippen molar-refractivity contribution in [3.63, 3.8) is 0 Å². The van der Waals surface area contributed by atoms with Gasteiger partial charge in [-0.3, -0.25) is 19.8 Å². The highest BCUT2D eigenvalue weighted by Crippen LogP contribution is 2.19. The van der Waals surface area contributed by atoms with Crippen molar-refractivity contribution in [2.45, 2.75) is 38.6 Å². The van der Waals surface area contributed by atoms with Crippen LogP contribution < -0.4 is 21.5 Å². The first kappa shape index (κ1) is 23.4. The number of anilines is 1. The molecule has 0 bridgehead atoms. The van der Waals surface area contributed by atoms with Crippen molar-refractivity contribution in [3.8, 4) is 0 Å². The zero-order chi connectivity index (χ0) is 21.0. The first-order valence-corrected chi connectivity index (χ1v) is 9.71. The number of amides is 3. The van der Waals surface area contributed by atoms with Gasteiger partial charge in [0.1, 0.15) is 0 Å². The summed E-state index contributed by atoms with van der Waals surface area (Å²) in [6, 6.07) is 14.3. The van der Waals surface area contributed by atoms with Crippen LogP contribution in [-0.2, 0) is 9.59 Å². The second-order valence-corrected chi connectivity index (χ2v) is 7.45. The summed E-state index contributed by atoms with van der Waals surface area (Å²) in [5.74, 6) is -0.186. The number of benzene rings is 2. The number of nitrogens with two attached hydrogens (primary N) is 1. The summed E-state index contributed by atoms with van der Waals surface area (Å²) in [5, 5.41) is 4.05. The molecule has 1 atom stereocenters. The van der Waals surface area contributed by atoms with E-state index in [2.05, 4.69) is 36.7 Å². The van der Waals surface area contributed by atoms with Crippen molar-refractivity contribution >= 4 is 35.8 Å². The predicted molar refractivity (Wildman–Crippen MR) is 118 cm³/mol. The molecule has 3 amide bonds. The van der Waals surface area contributed by atoms with E-state index < -0.39 is 0 Å². The molecule has 8 heteroatoms. The molecule has 0 spiro atoms. The maximum absolute atomic E-state index is 12.4. The molecule has 1 unspecified atom stereocenters. The molecule has 2 aromatic carbocycles. The van der Waals surface area contributed by atoms with Crippen LogP contribution in [0.2, 0.25) is 0 Å². The van der Waals surface area contributed by atoms with E-state index in [1.54, 1.807) is 24.3 Å². The molecule has 3 rings (SSSR count). The lowest BCUT2D eigenvalue weighted by atomic mass is 9.99. The van der Waals surface area contributed by atoms with Gasteiger partial charge in [0.25, 0.3) is 5.91 Å². The van der Waals surface area contributed by atoms with Gasteiger partial charge in [-0.25, -0.2) is 5.01 Å². The molecule has 0 radical (unpaired) electrons. The van der Waals surface area contributed by atoms with Crippen molar-refractivity contribution in [2.24, 2.45) is 5.73 Å². The maximum Gasteiger partial charge on any atom is 0.251 e. The second kappa shape index (κ2) is 10.2. The van der Waals surface area contributed by atoms with Crippen molar-refractivity contribution in [1.82, 2.24) is 10.7 Å². The zero-order valence-electron chi connectivity index (χ0n) is 17.1. The fraction of sp³-hybridized carbons (Fsp3) is 0.318. The molecule has 0 aromatic heterocycles. The van der Waals surface area contributed by atoms with Gasteiger partial charge in [0, 0.05) is 31.0 Å². The summed E-state index contributed by atoms with van der Waals surface area (Å²) in [7, 11) is 0. The van der Waals surface area contributed by atoms with E-state index >= 15 is 0 Å². The SMILES string of the molecule is CC(C)c1ccc(C(N)CNC(=O)c2ccc(N3NC(=O)CCC3=O)cc2)cc1.Cl. The quantitative estimate of drug-likeness (QED) is 0.655. The molecular weight excluding hydrogens is 404 g/mol. The molecule has 160 valence electrons. The van der Waals surface area contributed by atoms with Gasteiger partial charge < -0.3 is 11.1 Å². The van der Waals surface area contributed by atoms with Crippen molar-refractivity contribution in [2.75, 3.05) is 11.6 Å². The third kappa shape index (κ3) is 5.58. The minimum atomic E-state index is -0.305. The Labute approximate surface area is 182 Å². The molecule has 30 heavy (non-hydrogen) atoms. The van der Waals surface area contributed by atoms with Gasteiger partial charge in [-0.05, 0) is 41.3 Å². The monoisotopic (exact) mass is 430 g/mol. The minimum absolute atomic E-state index is 0. The highest BCUT2D eigenvalue weighted by Gasteiger charge is 2.24. The largest absolute Gasteiger partial charge is 0.350 e. The number of hydrogen-bond acceptors (Lipinski definition) is 4. The summed E-state index contributed by atoms with van der Waals surface area (Å²) < 4.78 is 0. The number of hydrazine groups is 1. The fourth-order valence-corrected chi connectivity index (χ4v) is 3.10. The van der Waals surface area contributed by atoms with Gasteiger partial charge in [0.05, 0.1) is 5.69 Å². The Hall–Kier alpha value is -2.90. The molecule has 2 aromatic rings. The molecule has 0 aliphatic carbocycles. The van der Waals surface area contributed by atoms with Gasteiger partial charge in [0.2, 0.25) is 11.8 Å². The third-order valence-corrected chi connectivity index (χ3v) is 4.95. The predicted octanol–water partition coefficient (Wildman–Crippen LogP) is 2.82. The Bertz CT molecular complexity index is 898. The maximum atomic E-state index is 12.4. The molecule has 4 N–H and O–H groups in total.